The number of fused-ring (bicyclic) bond motifs is 1. The Balaban J connectivity index is 2.86. The highest BCUT2D eigenvalue weighted by Crippen LogP contribution is 2.29. The number of carbonyl (C=O) groups is 1. The van der Waals surface area contributed by atoms with Gasteiger partial charge >= 0.3 is 0 Å². The number of carbonyl (C=O) groups excluding carboxylic acids is 1. The lowest BCUT2D eigenvalue weighted by Gasteiger charge is -2.07. The first-order valence-corrected chi connectivity index (χ1v) is 4.72. The number of aldehydes is 1. The van der Waals surface area contributed by atoms with Gasteiger partial charge in [-0.15, -0.1) is 0 Å². The fourth-order valence-electron chi connectivity index (χ4n) is 1.59. The maximum Gasteiger partial charge on any atom is 0.192 e. The van der Waals surface area contributed by atoms with E-state index in [-0.39, 0.29) is 16.8 Å². The molecule has 0 unspecified atom stereocenters. The lowest BCUT2D eigenvalue weighted by molar-refractivity contribution is 0.112. The van der Waals surface area contributed by atoms with E-state index in [1.165, 1.54) is 25.4 Å². The smallest absolute Gasteiger partial charge is 0.192 e. The third kappa shape index (κ3) is 1.70. The van der Waals surface area contributed by atoms with Gasteiger partial charge in [-0.3, -0.25) is 9.78 Å². The van der Waals surface area contributed by atoms with E-state index in [0.29, 0.717) is 17.2 Å². The van der Waals surface area contributed by atoms with Crippen LogP contribution in [0.25, 0.3) is 10.9 Å². The average molecular weight is 230 g/mol. The van der Waals surface area contributed by atoms with Crippen LogP contribution in [0.5, 0.6) is 5.75 Å². The van der Waals surface area contributed by atoms with Crippen molar-refractivity contribution in [2.45, 2.75) is 0 Å². The Bertz CT molecular complexity index is 647. The summed E-state index contributed by atoms with van der Waals surface area (Å²) in [5.41, 5.74) is 0.472. The quantitative estimate of drug-likeness (QED) is 0.741. The van der Waals surface area contributed by atoms with Crippen molar-refractivity contribution in [3.8, 4) is 11.8 Å². The molecule has 1 aromatic carbocycles. The fourth-order valence-corrected chi connectivity index (χ4v) is 1.59. The molecule has 17 heavy (non-hydrogen) atoms. The van der Waals surface area contributed by atoms with Crippen LogP contribution in [0.1, 0.15) is 15.9 Å². The molecule has 0 aliphatic rings. The van der Waals surface area contributed by atoms with Crippen LogP contribution < -0.4 is 4.74 Å². The van der Waals surface area contributed by atoms with Gasteiger partial charge in [-0.25, -0.2) is 4.39 Å². The van der Waals surface area contributed by atoms with Crippen LogP contribution in [-0.4, -0.2) is 18.4 Å². The number of benzene rings is 1. The van der Waals surface area contributed by atoms with Crippen molar-refractivity contribution in [2.24, 2.45) is 0 Å². The molecule has 2 aromatic rings. The molecular formula is C12H7FN2O2. The standard InChI is InChI=1S/C12H7FN2O2/c1-17-12-9(4-14)3-8-2-7(6-16)5-15-11(8)10(12)13/h2-3,5-6H,1H3. The van der Waals surface area contributed by atoms with E-state index in [0.717, 1.165) is 0 Å². The minimum Gasteiger partial charge on any atom is -0.492 e. The number of rotatable bonds is 2. The van der Waals surface area contributed by atoms with Crippen molar-refractivity contribution >= 4 is 17.2 Å². The first-order chi connectivity index (χ1) is 8.21. The van der Waals surface area contributed by atoms with Gasteiger partial charge in [0.1, 0.15) is 11.6 Å². The number of aromatic nitrogens is 1. The minimum absolute atomic E-state index is 0.0716. The van der Waals surface area contributed by atoms with E-state index < -0.39 is 5.82 Å². The molecule has 0 amide bonds. The molecule has 0 fully saturated rings. The van der Waals surface area contributed by atoms with Crippen molar-refractivity contribution in [3.05, 3.63) is 35.3 Å². The molecule has 0 saturated carbocycles. The molecule has 1 aromatic heterocycles. The Labute approximate surface area is 96.3 Å². The molecule has 5 heteroatoms. The van der Waals surface area contributed by atoms with Gasteiger partial charge in [0.15, 0.2) is 17.9 Å². The minimum atomic E-state index is -0.695. The van der Waals surface area contributed by atoms with Gasteiger partial charge in [-0.05, 0) is 12.1 Å². The van der Waals surface area contributed by atoms with Crippen LogP contribution >= 0.6 is 0 Å². The summed E-state index contributed by atoms with van der Waals surface area (Å²) in [6.07, 6.45) is 1.88. The number of nitriles is 1. The largest absolute Gasteiger partial charge is 0.492 e. The predicted octanol–water partition coefficient (Wildman–Crippen LogP) is 2.07. The third-order valence-electron chi connectivity index (χ3n) is 2.35. The van der Waals surface area contributed by atoms with Crippen molar-refractivity contribution < 1.29 is 13.9 Å². The monoisotopic (exact) mass is 230 g/mol. The highest BCUT2D eigenvalue weighted by Gasteiger charge is 2.15. The van der Waals surface area contributed by atoms with Crippen molar-refractivity contribution in [1.29, 1.82) is 5.26 Å². The summed E-state index contributed by atoms with van der Waals surface area (Å²) in [7, 11) is 1.28. The second-order valence-electron chi connectivity index (χ2n) is 3.34. The molecule has 0 aliphatic carbocycles. The van der Waals surface area contributed by atoms with Crippen LogP contribution in [0, 0.1) is 17.1 Å². The van der Waals surface area contributed by atoms with Gasteiger partial charge in [0.25, 0.3) is 0 Å². The topological polar surface area (TPSA) is 63.0 Å². The number of hydrogen-bond donors (Lipinski definition) is 0. The Kier molecular flexibility index (Phi) is 2.71. The van der Waals surface area contributed by atoms with Crippen LogP contribution in [0.15, 0.2) is 18.3 Å². The zero-order valence-corrected chi connectivity index (χ0v) is 8.90. The van der Waals surface area contributed by atoms with Gasteiger partial charge < -0.3 is 4.74 Å². The summed E-state index contributed by atoms with van der Waals surface area (Å²) < 4.78 is 18.8. The van der Waals surface area contributed by atoms with Crippen molar-refractivity contribution in [2.75, 3.05) is 7.11 Å². The van der Waals surface area contributed by atoms with E-state index in [2.05, 4.69) is 4.98 Å². The molecule has 2 rings (SSSR count). The molecule has 84 valence electrons. The number of halogens is 1. The van der Waals surface area contributed by atoms with Gasteiger partial charge in [0, 0.05) is 17.1 Å². The summed E-state index contributed by atoms with van der Waals surface area (Å²) in [6, 6.07) is 4.75. The maximum atomic E-state index is 13.9. The fraction of sp³-hybridized carbons (Fsp3) is 0.0833. The zero-order valence-electron chi connectivity index (χ0n) is 8.90. The number of nitrogens with zero attached hydrogens (tertiary/aromatic N) is 2. The van der Waals surface area contributed by atoms with E-state index >= 15 is 0 Å². The van der Waals surface area contributed by atoms with Gasteiger partial charge in [-0.2, -0.15) is 5.26 Å². The molecule has 4 nitrogen and oxygen atoms in total. The Morgan fingerprint density at radius 1 is 1.53 bits per heavy atom. The molecular weight excluding hydrogens is 223 g/mol. The van der Waals surface area contributed by atoms with Gasteiger partial charge in [-0.1, -0.05) is 0 Å². The summed E-state index contributed by atoms with van der Waals surface area (Å²) >= 11 is 0. The number of ether oxygens (including phenoxy) is 1. The maximum absolute atomic E-state index is 13.9. The number of hydrogen-bond acceptors (Lipinski definition) is 4. The summed E-state index contributed by atoms with van der Waals surface area (Å²) in [4.78, 5) is 14.4. The van der Waals surface area contributed by atoms with Gasteiger partial charge in [0.2, 0.25) is 0 Å². The van der Waals surface area contributed by atoms with Crippen LogP contribution in [0.3, 0.4) is 0 Å². The molecule has 0 spiro atoms. The molecule has 0 radical (unpaired) electrons. The third-order valence-corrected chi connectivity index (χ3v) is 2.35. The highest BCUT2D eigenvalue weighted by molar-refractivity contribution is 5.88. The Morgan fingerprint density at radius 3 is 2.88 bits per heavy atom. The summed E-state index contributed by atoms with van der Waals surface area (Å²) in [5, 5.41) is 9.27. The Hall–Kier alpha value is -2.48. The second kappa shape index (κ2) is 4.18. The van der Waals surface area contributed by atoms with E-state index in [1.54, 1.807) is 0 Å². The predicted molar refractivity (Wildman–Crippen MR) is 58.4 cm³/mol. The number of methoxy groups -OCH3 is 1. The van der Waals surface area contributed by atoms with E-state index in [9.17, 15) is 9.18 Å². The van der Waals surface area contributed by atoms with E-state index in [4.69, 9.17) is 10.00 Å². The molecule has 0 bridgehead atoms. The number of pyridine rings is 1. The Morgan fingerprint density at radius 2 is 2.29 bits per heavy atom. The molecule has 0 N–H and O–H groups in total. The van der Waals surface area contributed by atoms with Gasteiger partial charge in [0.05, 0.1) is 12.7 Å². The summed E-state index contributed by atoms with van der Waals surface area (Å²) in [5.74, 6) is -0.828. The average Bonchev–Trinajstić information content (AvgIpc) is 2.37. The first kappa shape index (κ1) is 11.0. The van der Waals surface area contributed by atoms with Crippen LogP contribution in [0.2, 0.25) is 0 Å². The van der Waals surface area contributed by atoms with E-state index in [1.807, 2.05) is 6.07 Å². The lowest BCUT2D eigenvalue weighted by atomic mass is 10.1. The normalized spacial score (nSPS) is 9.94. The second-order valence-corrected chi connectivity index (χ2v) is 3.34. The molecule has 1 heterocycles. The molecule has 0 saturated heterocycles. The molecule has 0 atom stereocenters. The van der Waals surface area contributed by atoms with Crippen LogP contribution in [-0.2, 0) is 0 Å². The zero-order chi connectivity index (χ0) is 12.4. The molecule has 0 aliphatic heterocycles. The first-order valence-electron chi connectivity index (χ1n) is 4.72. The van der Waals surface area contributed by atoms with Crippen molar-refractivity contribution in [3.63, 3.8) is 0 Å². The SMILES string of the molecule is COc1c(C#N)cc2cc(C=O)cnc2c1F. The summed E-state index contributed by atoms with van der Waals surface area (Å²) in [6.45, 7) is 0. The lowest BCUT2D eigenvalue weighted by Crippen LogP contribution is -1.96. The highest BCUT2D eigenvalue weighted by atomic mass is 19.1. The van der Waals surface area contributed by atoms with Crippen molar-refractivity contribution in [1.82, 2.24) is 4.98 Å². The van der Waals surface area contributed by atoms with Crippen LogP contribution in [0.4, 0.5) is 4.39 Å².